The third-order valence-corrected chi connectivity index (χ3v) is 5.03. The maximum atomic E-state index is 12.3. The molecule has 1 aromatic heterocycles. The molecule has 2 unspecified atom stereocenters. The van der Waals surface area contributed by atoms with Crippen LogP contribution in [-0.4, -0.2) is 30.4 Å². The fraction of sp³-hybridized carbons (Fsp3) is 0.318. The van der Waals surface area contributed by atoms with E-state index in [0.717, 1.165) is 12.0 Å². The average Bonchev–Trinajstić information content (AvgIpc) is 2.69. The Balaban J connectivity index is 3.74. The molecule has 138 valence electrons. The first-order valence-electron chi connectivity index (χ1n) is 8.67. The summed E-state index contributed by atoms with van der Waals surface area (Å²) in [4.78, 5) is 12.3. The van der Waals surface area contributed by atoms with Gasteiger partial charge in [0.05, 0.1) is 7.11 Å². The van der Waals surface area contributed by atoms with Gasteiger partial charge >= 0.3 is 5.97 Å². The second-order valence-corrected chi connectivity index (χ2v) is 6.07. The summed E-state index contributed by atoms with van der Waals surface area (Å²) < 4.78 is 8.52. The minimum absolute atomic E-state index is 0.0544. The third-order valence-electron chi connectivity index (χ3n) is 5.03. The first-order valence-corrected chi connectivity index (χ1v) is 8.67. The van der Waals surface area contributed by atoms with Crippen molar-refractivity contribution in [2.45, 2.75) is 32.7 Å². The van der Waals surface area contributed by atoms with Gasteiger partial charge in [0.1, 0.15) is 12.1 Å². The second kappa shape index (κ2) is 9.09. The predicted molar refractivity (Wildman–Crippen MR) is 107 cm³/mol. The van der Waals surface area contributed by atoms with Gasteiger partial charge in [0.2, 0.25) is 0 Å². The lowest BCUT2D eigenvalue weighted by atomic mass is 9.68. The van der Waals surface area contributed by atoms with Gasteiger partial charge in [0, 0.05) is 18.6 Å². The molecule has 0 amide bonds. The van der Waals surface area contributed by atoms with Gasteiger partial charge in [-0.15, -0.1) is 0 Å². The van der Waals surface area contributed by atoms with Crippen molar-refractivity contribution in [2.24, 2.45) is 5.41 Å². The predicted octanol–water partition coefficient (Wildman–Crippen LogP) is 4.01. The molecule has 4 nitrogen and oxygen atoms in total. The van der Waals surface area contributed by atoms with E-state index in [4.69, 9.17) is 4.74 Å². The van der Waals surface area contributed by atoms with E-state index >= 15 is 0 Å². The Labute approximate surface area is 157 Å². The maximum Gasteiger partial charge on any atom is 0.403 e. The molecule has 0 radical (unpaired) electrons. The second-order valence-electron chi connectivity index (χ2n) is 6.07. The number of methoxy groups -OCH3 is 1. The molecule has 2 atom stereocenters. The number of hydrogen-bond donors (Lipinski definition) is 0. The molecule has 0 fully saturated rings. The Kier molecular flexibility index (Phi) is 7.44. The van der Waals surface area contributed by atoms with E-state index in [0.29, 0.717) is 17.8 Å². The monoisotopic (exact) mass is 354 g/mol. The quantitative estimate of drug-likeness (QED) is 0.275. The van der Waals surface area contributed by atoms with E-state index in [1.54, 1.807) is 29.0 Å². The van der Waals surface area contributed by atoms with Crippen molar-refractivity contribution in [1.29, 1.82) is 0 Å². The van der Waals surface area contributed by atoms with Crippen LogP contribution in [0.1, 0.15) is 37.2 Å². The molecule has 26 heavy (non-hydrogen) atoms. The van der Waals surface area contributed by atoms with Gasteiger partial charge in [-0.05, 0) is 31.2 Å². The summed E-state index contributed by atoms with van der Waals surface area (Å²) in [5, 5.41) is 0. The molecule has 1 aromatic rings. The summed E-state index contributed by atoms with van der Waals surface area (Å²) in [6.45, 7) is 24.6. The Bertz CT molecular complexity index is 748. The highest BCUT2D eigenvalue weighted by Gasteiger charge is 2.52. The molecular formula is C22H30N2O2+2. The van der Waals surface area contributed by atoms with Gasteiger partial charge in [-0.2, -0.15) is 4.57 Å². The van der Waals surface area contributed by atoms with Gasteiger partial charge in [-0.1, -0.05) is 33.1 Å². The summed E-state index contributed by atoms with van der Waals surface area (Å²) in [5.41, 5.74) is 1.35. The van der Waals surface area contributed by atoms with E-state index in [1.165, 1.54) is 7.11 Å². The number of rotatable bonds is 10. The zero-order valence-electron chi connectivity index (χ0n) is 16.2. The lowest BCUT2D eigenvalue weighted by Crippen LogP contribution is -2.52. The number of allylic oxidation sites excluding steroid dienone is 1. The van der Waals surface area contributed by atoms with Gasteiger partial charge in [0.25, 0.3) is 5.69 Å². The number of carbonyl (C=O) groups is 1. The topological polar surface area (TPSA) is 33.2 Å². The van der Waals surface area contributed by atoms with Crippen LogP contribution < -0.4 is 4.57 Å². The molecule has 1 rings (SSSR count). The number of pyridine rings is 1. The van der Waals surface area contributed by atoms with Crippen LogP contribution in [0.25, 0.3) is 5.70 Å². The molecule has 0 saturated carbocycles. The Morgan fingerprint density at radius 3 is 2.46 bits per heavy atom. The molecule has 4 heteroatoms. The van der Waals surface area contributed by atoms with Crippen molar-refractivity contribution < 1.29 is 18.7 Å². The van der Waals surface area contributed by atoms with E-state index in [1.807, 2.05) is 16.8 Å². The van der Waals surface area contributed by atoms with Gasteiger partial charge in [0.15, 0.2) is 24.1 Å². The highest BCUT2D eigenvalue weighted by atomic mass is 16.5. The third kappa shape index (κ3) is 3.59. The molecule has 0 aliphatic rings. The Morgan fingerprint density at radius 2 is 2.00 bits per heavy atom. The van der Waals surface area contributed by atoms with Crippen molar-refractivity contribution in [3.63, 3.8) is 0 Å². The number of ether oxygens (including phenoxy) is 1. The lowest BCUT2D eigenvalue weighted by molar-refractivity contribution is -0.601. The SMILES string of the molecule is C=CC(=C)C(CC)(C(=C)[n+]1ccccc1C(=O)OC)C(CC)[N+](=C)C=C. The van der Waals surface area contributed by atoms with Crippen molar-refractivity contribution in [3.05, 3.63) is 74.3 Å². The van der Waals surface area contributed by atoms with Crippen LogP contribution in [0.15, 0.2) is 68.6 Å². The van der Waals surface area contributed by atoms with E-state index in [9.17, 15) is 4.79 Å². The first kappa shape index (κ1) is 21.3. The van der Waals surface area contributed by atoms with E-state index in [-0.39, 0.29) is 6.04 Å². The largest absolute Gasteiger partial charge is 0.461 e. The molecule has 0 aromatic carbocycles. The summed E-state index contributed by atoms with van der Waals surface area (Å²) in [5.74, 6) is -0.427. The van der Waals surface area contributed by atoms with Crippen LogP contribution in [0.3, 0.4) is 0 Å². The van der Waals surface area contributed by atoms with Crippen molar-refractivity contribution in [1.82, 2.24) is 0 Å². The molecule has 1 heterocycles. The van der Waals surface area contributed by atoms with Crippen LogP contribution >= 0.6 is 0 Å². The first-order chi connectivity index (χ1) is 12.3. The minimum atomic E-state index is -0.582. The standard InChI is InChI=1S/C22H30N2O2/c1-9-17(5)22(11-3,20(10-2)23(7)12-4)18(6)24-16-14-13-15-19(24)21(25)26-8/h9,12-16,20H,1,4-7,10-11H2,2-3,8H3/q+2. The number of esters is 1. The molecule has 0 aliphatic carbocycles. The van der Waals surface area contributed by atoms with Gasteiger partial charge in [-0.3, -0.25) is 0 Å². The zero-order chi connectivity index (χ0) is 19.9. The zero-order valence-corrected chi connectivity index (χ0v) is 16.2. The van der Waals surface area contributed by atoms with Crippen LogP contribution in [-0.2, 0) is 4.74 Å². The van der Waals surface area contributed by atoms with Gasteiger partial charge < -0.3 is 4.74 Å². The fourth-order valence-corrected chi connectivity index (χ4v) is 3.60. The Morgan fingerprint density at radius 1 is 1.35 bits per heavy atom. The van der Waals surface area contributed by atoms with Crippen molar-refractivity contribution in [3.8, 4) is 0 Å². The average molecular weight is 354 g/mol. The van der Waals surface area contributed by atoms with Crippen LogP contribution in [0, 0.1) is 5.41 Å². The highest BCUT2D eigenvalue weighted by Crippen LogP contribution is 2.44. The van der Waals surface area contributed by atoms with Crippen LogP contribution in [0.4, 0.5) is 0 Å². The van der Waals surface area contributed by atoms with Gasteiger partial charge in [-0.25, -0.2) is 9.37 Å². The Hall–Kier alpha value is -2.75. The van der Waals surface area contributed by atoms with Crippen LogP contribution in [0.5, 0.6) is 0 Å². The molecule has 0 N–H and O–H groups in total. The van der Waals surface area contributed by atoms with Crippen LogP contribution in [0.2, 0.25) is 0 Å². The molecule has 0 aliphatic heterocycles. The van der Waals surface area contributed by atoms with E-state index in [2.05, 4.69) is 46.9 Å². The van der Waals surface area contributed by atoms with E-state index < -0.39 is 11.4 Å². The molecule has 0 saturated heterocycles. The molecule has 0 bridgehead atoms. The number of aromatic nitrogens is 1. The summed E-state index contributed by atoms with van der Waals surface area (Å²) >= 11 is 0. The number of hydrogen-bond acceptors (Lipinski definition) is 2. The minimum Gasteiger partial charge on any atom is -0.461 e. The fourth-order valence-electron chi connectivity index (χ4n) is 3.60. The smallest absolute Gasteiger partial charge is 0.403 e. The molecule has 0 spiro atoms. The summed E-state index contributed by atoms with van der Waals surface area (Å²) in [6.07, 6.45) is 6.74. The lowest BCUT2D eigenvalue weighted by Gasteiger charge is -2.35. The summed E-state index contributed by atoms with van der Waals surface area (Å²) in [7, 11) is 1.36. The van der Waals surface area contributed by atoms with Crippen molar-refractivity contribution >= 4 is 18.4 Å². The highest BCUT2D eigenvalue weighted by molar-refractivity contribution is 5.85. The molecular weight excluding hydrogens is 324 g/mol. The summed E-state index contributed by atoms with van der Waals surface area (Å²) in [6, 6.07) is 5.30. The van der Waals surface area contributed by atoms with Crippen molar-refractivity contribution in [2.75, 3.05) is 7.11 Å². The number of carbonyl (C=O) groups excluding carboxylic acids is 1. The maximum absolute atomic E-state index is 12.3. The normalized spacial score (nSPS) is 13.8. The number of nitrogens with zero attached hydrogens (tertiary/aromatic N) is 2.